The second kappa shape index (κ2) is 17.2. The average Bonchev–Trinajstić information content (AvgIpc) is 3.69. The highest BCUT2D eigenvalue weighted by Crippen LogP contribution is 2.34. The van der Waals surface area contributed by atoms with E-state index < -0.39 is 35.1 Å². The number of primary amides is 1. The predicted molar refractivity (Wildman–Crippen MR) is 182 cm³/mol. The van der Waals surface area contributed by atoms with Crippen LogP contribution in [0.3, 0.4) is 0 Å². The number of furan rings is 2. The maximum atomic E-state index is 14.3. The summed E-state index contributed by atoms with van der Waals surface area (Å²) in [5, 5.41) is 13.6. The maximum absolute atomic E-state index is 14.3. The molecule has 10 nitrogen and oxygen atoms in total. The van der Waals surface area contributed by atoms with Gasteiger partial charge in [0.1, 0.15) is 51.5 Å². The molecule has 0 fully saturated rings. The molecule has 2 aromatic heterocycles. The van der Waals surface area contributed by atoms with Gasteiger partial charge in [-0.1, -0.05) is 12.1 Å². The number of hydrogen-bond acceptors (Lipinski definition) is 9. The second-order valence-corrected chi connectivity index (χ2v) is 10.5. The Balaban J connectivity index is 0.000000253. The first-order valence-corrected chi connectivity index (χ1v) is 14.7. The van der Waals surface area contributed by atoms with Gasteiger partial charge in [-0.3, -0.25) is 4.79 Å². The first-order valence-electron chi connectivity index (χ1n) is 14.7. The Labute approximate surface area is 284 Å². The largest absolute Gasteiger partial charge is 0.465 e. The first-order chi connectivity index (χ1) is 23.5. The van der Waals surface area contributed by atoms with Crippen molar-refractivity contribution in [3.8, 4) is 22.6 Å². The molecule has 0 unspecified atom stereocenters. The number of amides is 1. The minimum Gasteiger partial charge on any atom is -0.465 e. The number of nitrogens with two attached hydrogens (primary N) is 1. The number of carbonyl (C=O) groups is 2. The van der Waals surface area contributed by atoms with Crippen LogP contribution >= 0.6 is 0 Å². The zero-order chi connectivity index (χ0) is 35.8. The van der Waals surface area contributed by atoms with Crippen molar-refractivity contribution in [3.05, 3.63) is 118 Å². The summed E-state index contributed by atoms with van der Waals surface area (Å²) in [7, 11) is 5.74. The highest BCUT2D eigenvalue weighted by Gasteiger charge is 2.20. The molecule has 14 heteroatoms. The van der Waals surface area contributed by atoms with E-state index in [4.69, 9.17) is 19.7 Å². The predicted octanol–water partition coefficient (Wildman–Crippen LogP) is 6.85. The number of halogens is 4. The minimum absolute atomic E-state index is 0. The Bertz CT molecular complexity index is 2130. The molecule has 6 rings (SSSR count). The number of hydrogen-bond donors (Lipinski definition) is 5. The van der Waals surface area contributed by atoms with Gasteiger partial charge in [0.2, 0.25) is 0 Å². The van der Waals surface area contributed by atoms with Gasteiger partial charge >= 0.3 is 5.97 Å². The number of nitrogens with one attached hydrogen (secondary N) is 2. The Morgan fingerprint density at radius 3 is 1.50 bits per heavy atom. The van der Waals surface area contributed by atoms with E-state index in [1.165, 1.54) is 43.5 Å². The third-order valence-corrected chi connectivity index (χ3v) is 7.19. The monoisotopic (exact) mass is 696 g/mol. The number of aliphatic hydroxyl groups excluding tert-OH is 1. The van der Waals surface area contributed by atoms with E-state index in [9.17, 15) is 27.2 Å². The molecule has 0 aliphatic carbocycles. The molecule has 6 aromatic rings. The van der Waals surface area contributed by atoms with Gasteiger partial charge in [0, 0.05) is 31.0 Å². The molecular formula is C36H36F4N4O6. The normalized spacial score (nSPS) is 10.5. The van der Waals surface area contributed by atoms with Gasteiger partial charge in [-0.2, -0.15) is 0 Å². The quantitative estimate of drug-likeness (QED) is 0.0842. The third kappa shape index (κ3) is 8.54. The summed E-state index contributed by atoms with van der Waals surface area (Å²) in [6.07, 6.45) is 0. The Kier molecular flexibility index (Phi) is 13.4. The van der Waals surface area contributed by atoms with Crippen molar-refractivity contribution in [1.82, 2.24) is 16.8 Å². The lowest BCUT2D eigenvalue weighted by molar-refractivity contribution is 0.0601. The highest BCUT2D eigenvalue weighted by molar-refractivity contribution is 6.05. The molecule has 1 amide bonds. The summed E-state index contributed by atoms with van der Waals surface area (Å²) in [5.74, 6) is -3.22. The first kappa shape index (κ1) is 38.9. The van der Waals surface area contributed by atoms with Crippen molar-refractivity contribution in [3.63, 3.8) is 0 Å². The third-order valence-electron chi connectivity index (χ3n) is 7.19. The summed E-state index contributed by atoms with van der Waals surface area (Å²) in [6, 6.07) is 17.0. The molecule has 0 aliphatic rings. The van der Waals surface area contributed by atoms with E-state index in [1.54, 1.807) is 38.4 Å². The lowest BCUT2D eigenvalue weighted by Gasteiger charge is -2.04. The van der Waals surface area contributed by atoms with Crippen LogP contribution in [0.2, 0.25) is 0 Å². The van der Waals surface area contributed by atoms with Gasteiger partial charge in [-0.25, -0.2) is 22.4 Å². The summed E-state index contributed by atoms with van der Waals surface area (Å²) in [6.45, 7) is 1.07. The summed E-state index contributed by atoms with van der Waals surface area (Å²) in [4.78, 5) is 23.2. The van der Waals surface area contributed by atoms with Crippen LogP contribution in [0.5, 0.6) is 0 Å². The molecule has 0 bridgehead atoms. The summed E-state index contributed by atoms with van der Waals surface area (Å²) in [5.41, 5.74) is 7.48. The molecule has 0 saturated heterocycles. The Morgan fingerprint density at radius 2 is 1.12 bits per heavy atom. The number of fused-ring (bicyclic) bond motifs is 2. The van der Waals surface area contributed by atoms with Gasteiger partial charge in [-0.05, 0) is 85.9 Å². The molecule has 50 heavy (non-hydrogen) atoms. The van der Waals surface area contributed by atoms with E-state index >= 15 is 0 Å². The van der Waals surface area contributed by atoms with Gasteiger partial charge in [0.25, 0.3) is 5.91 Å². The molecule has 0 saturated carbocycles. The molecule has 4 aromatic carbocycles. The molecule has 0 radical (unpaired) electrons. The van der Waals surface area contributed by atoms with E-state index in [0.717, 1.165) is 30.4 Å². The van der Waals surface area contributed by atoms with Crippen LogP contribution in [-0.4, -0.2) is 45.3 Å². The number of ether oxygens (including phenoxy) is 1. The zero-order valence-electron chi connectivity index (χ0n) is 27.6. The SMILES string of the molecule is CNCc1ccc(-c2cc3cc(F)cc(C(=O)OC)c3o2)c(F)c1.CNCc1ccc(-c2cc3cc(F)cc(C(N)=O)c3o2)c(F)c1.CO.N. The molecule has 264 valence electrons. The number of aliphatic hydroxyl groups is 1. The van der Waals surface area contributed by atoms with Gasteiger partial charge < -0.3 is 41.2 Å². The van der Waals surface area contributed by atoms with Crippen LogP contribution < -0.4 is 22.5 Å². The zero-order valence-corrected chi connectivity index (χ0v) is 27.6. The smallest absolute Gasteiger partial charge is 0.341 e. The Hall–Kier alpha value is -5.54. The standard InChI is InChI=1S/C18H15F2NO3.C17H14F2N2O2.CH4O.H3N/c1-21-9-10-3-4-13(15(20)5-10)16-7-11-6-12(19)8-14(17(11)24-16)18(22)23-2;1-21-8-9-2-3-12(14(19)4-9)15-6-10-5-11(18)7-13(17(20)22)16(10)23-15;1-2;/h3-8,21H,9H2,1-2H3;2-7,21H,8H2,1H3,(H2,20,22);2H,1H3;1H3. The van der Waals surface area contributed by atoms with Gasteiger partial charge in [0.05, 0.1) is 23.8 Å². The van der Waals surface area contributed by atoms with E-state index in [1.807, 2.05) is 0 Å². The fraction of sp³-hybridized carbons (Fsp3) is 0.167. The molecule has 0 aliphatic heterocycles. The van der Waals surface area contributed by atoms with Crippen molar-refractivity contribution < 1.29 is 45.8 Å². The molecule has 0 atom stereocenters. The molecular weight excluding hydrogens is 660 g/mol. The van der Waals surface area contributed by atoms with Crippen LogP contribution in [0.15, 0.2) is 81.6 Å². The van der Waals surface area contributed by atoms with E-state index in [0.29, 0.717) is 23.9 Å². The van der Waals surface area contributed by atoms with Crippen molar-refractivity contribution in [2.45, 2.75) is 13.1 Å². The minimum atomic E-state index is -0.805. The van der Waals surface area contributed by atoms with Crippen LogP contribution in [0, 0.1) is 23.3 Å². The van der Waals surface area contributed by atoms with Crippen molar-refractivity contribution in [2.24, 2.45) is 5.73 Å². The van der Waals surface area contributed by atoms with Gasteiger partial charge in [-0.15, -0.1) is 0 Å². The van der Waals surface area contributed by atoms with Crippen LogP contribution in [0.25, 0.3) is 44.6 Å². The van der Waals surface area contributed by atoms with Crippen molar-refractivity contribution in [2.75, 3.05) is 28.3 Å². The maximum Gasteiger partial charge on any atom is 0.341 e. The van der Waals surface area contributed by atoms with Crippen LogP contribution in [-0.2, 0) is 17.8 Å². The lowest BCUT2D eigenvalue weighted by Crippen LogP contribution is -2.11. The van der Waals surface area contributed by atoms with Crippen LogP contribution in [0.4, 0.5) is 17.6 Å². The number of rotatable bonds is 8. The highest BCUT2D eigenvalue weighted by atomic mass is 19.1. The average molecular weight is 697 g/mol. The second-order valence-electron chi connectivity index (χ2n) is 10.5. The molecule has 0 spiro atoms. The fourth-order valence-corrected chi connectivity index (χ4v) is 5.09. The topological polar surface area (TPSA) is 175 Å². The van der Waals surface area contributed by atoms with E-state index in [-0.39, 0.29) is 51.1 Å². The van der Waals surface area contributed by atoms with E-state index in [2.05, 4.69) is 15.4 Å². The fourth-order valence-electron chi connectivity index (χ4n) is 5.09. The van der Waals surface area contributed by atoms with Crippen molar-refractivity contribution >= 4 is 33.8 Å². The molecule has 2 heterocycles. The number of benzene rings is 4. The Morgan fingerprint density at radius 1 is 0.700 bits per heavy atom. The molecule has 8 N–H and O–H groups in total. The number of methoxy groups -OCH3 is 1. The van der Waals surface area contributed by atoms with Crippen molar-refractivity contribution in [1.29, 1.82) is 0 Å². The summed E-state index contributed by atoms with van der Waals surface area (Å²) < 4.78 is 71.7. The van der Waals surface area contributed by atoms with Gasteiger partial charge in [0.15, 0.2) is 0 Å². The number of esters is 1. The lowest BCUT2D eigenvalue weighted by atomic mass is 10.1. The summed E-state index contributed by atoms with van der Waals surface area (Å²) >= 11 is 0. The van der Waals surface area contributed by atoms with Crippen LogP contribution in [0.1, 0.15) is 31.8 Å². The number of carbonyl (C=O) groups excluding carboxylic acids is 2.